The largest absolute Gasteiger partial charge is 0.480 e. The van der Waals surface area contributed by atoms with Crippen LogP contribution in [0, 0.1) is 0 Å². The normalized spacial score (nSPS) is 10.7. The third kappa shape index (κ3) is 15.5. The summed E-state index contributed by atoms with van der Waals surface area (Å²) in [6.07, 6.45) is 1.93. The average molecular weight is 893 g/mol. The van der Waals surface area contributed by atoms with E-state index in [1.165, 1.54) is 44.2 Å². The van der Waals surface area contributed by atoms with Crippen molar-refractivity contribution in [2.45, 2.75) is 13.8 Å². The molecule has 0 saturated carbocycles. The Morgan fingerprint density at radius 2 is 0.921 bits per heavy atom. The van der Waals surface area contributed by atoms with Crippen molar-refractivity contribution in [3.63, 3.8) is 0 Å². The van der Waals surface area contributed by atoms with E-state index in [9.17, 15) is 36.0 Å². The van der Waals surface area contributed by atoms with Crippen LogP contribution < -0.4 is 30.3 Å². The molecule has 6 N–H and O–H groups in total. The van der Waals surface area contributed by atoms with Gasteiger partial charge in [0.15, 0.2) is 11.6 Å². The number of nitrogens with one attached hydrogen (secondary N) is 3. The Kier molecular flexibility index (Phi) is 17.1. The highest BCUT2D eigenvalue weighted by molar-refractivity contribution is 7.92. The quantitative estimate of drug-likeness (QED) is 0.0492. The monoisotopic (exact) mass is 892 g/mol. The minimum atomic E-state index is -3.76. The summed E-state index contributed by atoms with van der Waals surface area (Å²) in [5.74, 6) is -2.20. The number of nitrogens with zero attached hydrogens (tertiary/aromatic N) is 2. The van der Waals surface area contributed by atoms with Crippen LogP contribution in [0.4, 0.5) is 45.5 Å². The minimum absolute atomic E-state index is 0.160. The van der Waals surface area contributed by atoms with E-state index in [1.807, 2.05) is 97.1 Å². The van der Waals surface area contributed by atoms with Crippen LogP contribution in [-0.2, 0) is 29.6 Å². The maximum Gasteiger partial charge on any atom is 0.324 e. The third-order valence-corrected chi connectivity index (χ3v) is 11.0. The van der Waals surface area contributed by atoms with Crippen molar-refractivity contribution < 1.29 is 41.1 Å². The lowest BCUT2D eigenvalue weighted by molar-refractivity contribution is -0.135. The molecule has 6 aromatic rings. The summed E-state index contributed by atoms with van der Waals surface area (Å²) in [6, 6.07) is 46.3. The molecule has 63 heavy (non-hydrogen) atoms. The van der Waals surface area contributed by atoms with Gasteiger partial charge in [-0.1, -0.05) is 84.9 Å². The summed E-state index contributed by atoms with van der Waals surface area (Å²) in [6.45, 7) is 1.63. The van der Waals surface area contributed by atoms with Gasteiger partial charge in [-0.3, -0.25) is 27.8 Å². The SMILES string of the molecule is CC(=O)c1cccc(N(CC(=O)Nc2ccccc2Nc2ccccc2)S(C)(=O)=O)c1.CC(=O)c1cccc(N(CC(=O)O)S(C)(=O)=O)c1.Nc1ccccc1Nc1ccccc1. The zero-order chi connectivity index (χ0) is 46.2. The Morgan fingerprint density at radius 3 is 1.35 bits per heavy atom. The second-order valence-electron chi connectivity index (χ2n) is 13.8. The molecule has 0 heterocycles. The fourth-order valence-electron chi connectivity index (χ4n) is 5.67. The summed E-state index contributed by atoms with van der Waals surface area (Å²) in [5.41, 5.74) is 11.7. The number of carboxylic acid groups (broad SMARTS) is 1. The maximum absolute atomic E-state index is 12.8. The van der Waals surface area contributed by atoms with Gasteiger partial charge in [0, 0.05) is 22.5 Å². The molecule has 0 radical (unpaired) electrons. The number of Topliss-reactive ketones (excluding diaryl/α,β-unsaturated/α-hetero) is 2. The van der Waals surface area contributed by atoms with Crippen LogP contribution in [0.5, 0.6) is 0 Å². The van der Waals surface area contributed by atoms with Gasteiger partial charge in [-0.15, -0.1) is 0 Å². The van der Waals surface area contributed by atoms with Gasteiger partial charge in [-0.2, -0.15) is 0 Å². The summed E-state index contributed by atoms with van der Waals surface area (Å²) in [7, 11) is -7.48. The number of carbonyl (C=O) groups is 4. The second-order valence-corrected chi connectivity index (χ2v) is 17.6. The smallest absolute Gasteiger partial charge is 0.324 e. The number of para-hydroxylation sites is 6. The van der Waals surface area contributed by atoms with Gasteiger partial charge in [0.25, 0.3) is 0 Å². The van der Waals surface area contributed by atoms with Crippen molar-refractivity contribution in [3.8, 4) is 0 Å². The van der Waals surface area contributed by atoms with Crippen LogP contribution in [-0.4, -0.2) is 71.0 Å². The van der Waals surface area contributed by atoms with E-state index in [4.69, 9.17) is 10.8 Å². The molecule has 0 atom stereocenters. The molecule has 0 aliphatic carbocycles. The number of anilines is 8. The zero-order valence-electron chi connectivity index (χ0n) is 34.9. The van der Waals surface area contributed by atoms with Crippen LogP contribution in [0.25, 0.3) is 0 Å². The molecule has 6 rings (SSSR count). The van der Waals surface area contributed by atoms with Gasteiger partial charge in [0.05, 0.1) is 46.6 Å². The minimum Gasteiger partial charge on any atom is -0.480 e. The Hall–Kier alpha value is -7.50. The molecule has 328 valence electrons. The summed E-state index contributed by atoms with van der Waals surface area (Å²) in [5, 5.41) is 18.0. The number of nitrogens with two attached hydrogens (primary N) is 1. The molecule has 17 heteroatoms. The Bertz CT molecular complexity index is 2750. The highest BCUT2D eigenvalue weighted by Crippen LogP contribution is 2.26. The van der Waals surface area contributed by atoms with E-state index in [2.05, 4.69) is 16.0 Å². The number of benzene rings is 6. The van der Waals surface area contributed by atoms with Crippen LogP contribution in [0.1, 0.15) is 34.6 Å². The first kappa shape index (κ1) is 48.2. The van der Waals surface area contributed by atoms with Crippen molar-refractivity contribution in [2.24, 2.45) is 0 Å². The van der Waals surface area contributed by atoms with Crippen LogP contribution in [0.15, 0.2) is 158 Å². The van der Waals surface area contributed by atoms with Crippen molar-refractivity contribution >= 4 is 89.0 Å². The molecule has 1 amide bonds. The van der Waals surface area contributed by atoms with E-state index >= 15 is 0 Å². The summed E-state index contributed by atoms with van der Waals surface area (Å²) >= 11 is 0. The average Bonchev–Trinajstić information content (AvgIpc) is 3.24. The van der Waals surface area contributed by atoms with Crippen molar-refractivity contribution in [3.05, 3.63) is 169 Å². The van der Waals surface area contributed by atoms with Crippen LogP contribution in [0.2, 0.25) is 0 Å². The number of ketones is 2. The molecule has 0 aromatic heterocycles. The topological polar surface area (TPSA) is 225 Å². The van der Waals surface area contributed by atoms with Crippen LogP contribution in [0.3, 0.4) is 0 Å². The fraction of sp³-hybridized carbons (Fsp3) is 0.130. The van der Waals surface area contributed by atoms with Gasteiger partial charge in [-0.25, -0.2) is 16.8 Å². The summed E-state index contributed by atoms with van der Waals surface area (Å²) < 4.78 is 49.5. The Labute approximate surface area is 367 Å². The number of hydrogen-bond acceptors (Lipinski definition) is 11. The number of aliphatic carboxylic acids is 1. The Morgan fingerprint density at radius 1 is 0.524 bits per heavy atom. The number of sulfonamides is 2. The van der Waals surface area contributed by atoms with E-state index in [0.717, 1.165) is 43.9 Å². The molecule has 0 saturated heterocycles. The van der Waals surface area contributed by atoms with Gasteiger partial charge < -0.3 is 26.8 Å². The standard InChI is InChI=1S/C23H23N3O4S.C12H12N2.C11H13NO5S/c1-17(27)18-9-8-12-20(15-18)26(31(2,29)30)16-23(28)25-22-14-7-6-13-21(22)24-19-10-4-3-5-11-19;13-11-8-4-5-9-12(11)14-10-6-2-1-3-7-10;1-8(13)9-4-3-5-10(6-9)12(7-11(14)15)18(2,16)17/h3-15,24H,16H2,1-2H3,(H,25,28);1-9,14H,13H2;3-6H,7H2,1-2H3,(H,14,15). The van der Waals surface area contributed by atoms with Gasteiger partial charge in [-0.05, 0) is 86.6 Å². The molecular formula is C46H48N6O9S2. The molecule has 0 aliphatic rings. The van der Waals surface area contributed by atoms with E-state index < -0.39 is 45.0 Å². The molecule has 0 unspecified atom stereocenters. The number of carboxylic acids is 1. The van der Waals surface area contributed by atoms with Crippen molar-refractivity contribution in [1.82, 2.24) is 0 Å². The van der Waals surface area contributed by atoms with E-state index in [-0.39, 0.29) is 22.9 Å². The second kappa shape index (κ2) is 22.4. The lowest BCUT2D eigenvalue weighted by Gasteiger charge is -2.22. The van der Waals surface area contributed by atoms with Gasteiger partial charge >= 0.3 is 5.97 Å². The molecule has 15 nitrogen and oxygen atoms in total. The molecule has 0 spiro atoms. The van der Waals surface area contributed by atoms with Gasteiger partial charge in [0.2, 0.25) is 26.0 Å². The zero-order valence-corrected chi connectivity index (χ0v) is 36.6. The lowest BCUT2D eigenvalue weighted by Crippen LogP contribution is -2.37. The van der Waals surface area contributed by atoms with Crippen molar-refractivity contribution in [2.75, 3.05) is 55.9 Å². The first-order valence-electron chi connectivity index (χ1n) is 19.1. The van der Waals surface area contributed by atoms with Crippen molar-refractivity contribution in [1.29, 1.82) is 0 Å². The predicted molar refractivity (Wildman–Crippen MR) is 250 cm³/mol. The number of rotatable bonds is 15. The molecular weight excluding hydrogens is 845 g/mol. The number of carbonyl (C=O) groups excluding carboxylic acids is 3. The number of nitrogen functional groups attached to an aromatic ring is 1. The first-order chi connectivity index (χ1) is 29.8. The van der Waals surface area contributed by atoms with E-state index in [1.54, 1.807) is 30.3 Å². The molecule has 6 aromatic carbocycles. The number of hydrogen-bond donors (Lipinski definition) is 5. The molecule has 0 fully saturated rings. The fourth-order valence-corrected chi connectivity index (χ4v) is 7.36. The molecule has 0 aliphatic heterocycles. The van der Waals surface area contributed by atoms with E-state index in [0.29, 0.717) is 22.5 Å². The predicted octanol–water partition coefficient (Wildman–Crippen LogP) is 7.79. The lowest BCUT2D eigenvalue weighted by atomic mass is 10.1. The maximum atomic E-state index is 12.8. The third-order valence-electron chi connectivity index (χ3n) is 8.72. The number of amides is 1. The first-order valence-corrected chi connectivity index (χ1v) is 22.8. The molecule has 0 bridgehead atoms. The highest BCUT2D eigenvalue weighted by Gasteiger charge is 2.23. The van der Waals surface area contributed by atoms with Gasteiger partial charge in [0.1, 0.15) is 13.1 Å². The highest BCUT2D eigenvalue weighted by atomic mass is 32.2. The van der Waals surface area contributed by atoms with Crippen LogP contribution >= 0.6 is 0 Å². The Balaban J connectivity index is 0.000000229. The summed E-state index contributed by atoms with van der Waals surface area (Å²) in [4.78, 5) is 46.3.